The van der Waals surface area contributed by atoms with Gasteiger partial charge in [0, 0.05) is 17.8 Å². The molecule has 0 aliphatic rings. The lowest BCUT2D eigenvalue weighted by atomic mass is 10.1. The zero-order chi connectivity index (χ0) is 15.8. The summed E-state index contributed by atoms with van der Waals surface area (Å²) >= 11 is 0. The Labute approximate surface area is 128 Å². The number of amidine groups is 1. The Hall–Kier alpha value is -3.02. The van der Waals surface area contributed by atoms with Gasteiger partial charge in [0.05, 0.1) is 0 Å². The SMILES string of the molecule is N/C(=N\O)c1ccc(NC(=O)NCCc2ccccc2)cc1. The summed E-state index contributed by atoms with van der Waals surface area (Å²) in [6, 6.07) is 16.4. The molecule has 22 heavy (non-hydrogen) atoms. The summed E-state index contributed by atoms with van der Waals surface area (Å²) in [4.78, 5) is 11.8. The number of rotatable bonds is 5. The highest BCUT2D eigenvalue weighted by molar-refractivity contribution is 5.97. The van der Waals surface area contributed by atoms with Gasteiger partial charge in [-0.1, -0.05) is 35.5 Å². The number of oxime groups is 1. The average Bonchev–Trinajstić information content (AvgIpc) is 2.56. The zero-order valence-electron chi connectivity index (χ0n) is 12.0. The van der Waals surface area contributed by atoms with Crippen molar-refractivity contribution in [3.8, 4) is 0 Å². The molecule has 0 fully saturated rings. The van der Waals surface area contributed by atoms with Crippen LogP contribution in [-0.4, -0.2) is 23.6 Å². The number of benzene rings is 2. The minimum Gasteiger partial charge on any atom is -0.409 e. The molecule has 0 aromatic heterocycles. The number of hydrogen-bond acceptors (Lipinski definition) is 3. The first kappa shape index (κ1) is 15.4. The van der Waals surface area contributed by atoms with E-state index in [0.717, 1.165) is 6.42 Å². The molecule has 2 aromatic rings. The van der Waals surface area contributed by atoms with E-state index in [1.165, 1.54) is 5.56 Å². The summed E-state index contributed by atoms with van der Waals surface area (Å²) in [5.74, 6) is 0.0267. The lowest BCUT2D eigenvalue weighted by Gasteiger charge is -2.08. The summed E-state index contributed by atoms with van der Waals surface area (Å²) < 4.78 is 0. The number of hydrogen-bond donors (Lipinski definition) is 4. The molecular formula is C16H18N4O2. The van der Waals surface area contributed by atoms with Gasteiger partial charge in [0.2, 0.25) is 0 Å². The topological polar surface area (TPSA) is 99.7 Å². The Balaban J connectivity index is 1.79. The highest BCUT2D eigenvalue weighted by atomic mass is 16.4. The molecule has 2 amide bonds. The summed E-state index contributed by atoms with van der Waals surface area (Å²) in [6.07, 6.45) is 0.774. The fourth-order valence-electron chi connectivity index (χ4n) is 1.92. The lowest BCUT2D eigenvalue weighted by molar-refractivity contribution is 0.252. The standard InChI is InChI=1S/C16H18N4O2/c17-15(20-22)13-6-8-14(9-7-13)19-16(21)18-11-10-12-4-2-1-3-5-12/h1-9,22H,10-11H2,(H2,17,20)(H2,18,19,21). The number of nitrogens with two attached hydrogens (primary N) is 1. The van der Waals surface area contributed by atoms with Crippen molar-refractivity contribution in [3.63, 3.8) is 0 Å². The van der Waals surface area contributed by atoms with Gasteiger partial charge in [0.1, 0.15) is 0 Å². The maximum atomic E-state index is 11.8. The van der Waals surface area contributed by atoms with E-state index in [0.29, 0.717) is 17.8 Å². The van der Waals surface area contributed by atoms with Crippen molar-refractivity contribution in [2.24, 2.45) is 10.9 Å². The third-order valence-corrected chi connectivity index (χ3v) is 3.09. The number of anilines is 1. The van der Waals surface area contributed by atoms with Crippen molar-refractivity contribution in [2.75, 3.05) is 11.9 Å². The van der Waals surface area contributed by atoms with Crippen LogP contribution in [-0.2, 0) is 6.42 Å². The van der Waals surface area contributed by atoms with Crippen molar-refractivity contribution in [1.82, 2.24) is 5.32 Å². The quantitative estimate of drug-likeness (QED) is 0.294. The van der Waals surface area contributed by atoms with Gasteiger partial charge in [-0.05, 0) is 36.2 Å². The molecule has 6 heteroatoms. The van der Waals surface area contributed by atoms with Crippen LogP contribution in [0.5, 0.6) is 0 Å². The third kappa shape index (κ3) is 4.52. The highest BCUT2D eigenvalue weighted by Crippen LogP contribution is 2.09. The molecule has 2 rings (SSSR count). The molecule has 2 aromatic carbocycles. The number of nitrogens with one attached hydrogen (secondary N) is 2. The molecule has 6 nitrogen and oxygen atoms in total. The predicted molar refractivity (Wildman–Crippen MR) is 86.1 cm³/mol. The van der Waals surface area contributed by atoms with E-state index < -0.39 is 0 Å². The van der Waals surface area contributed by atoms with Gasteiger partial charge < -0.3 is 21.6 Å². The number of nitrogens with zero attached hydrogens (tertiary/aromatic N) is 1. The van der Waals surface area contributed by atoms with Crippen molar-refractivity contribution in [2.45, 2.75) is 6.42 Å². The van der Waals surface area contributed by atoms with Crippen LogP contribution in [0.15, 0.2) is 59.8 Å². The molecule has 0 aliphatic carbocycles. The van der Waals surface area contributed by atoms with E-state index in [-0.39, 0.29) is 11.9 Å². The van der Waals surface area contributed by atoms with Crippen LogP contribution in [0.4, 0.5) is 10.5 Å². The average molecular weight is 298 g/mol. The van der Waals surface area contributed by atoms with E-state index in [1.54, 1.807) is 24.3 Å². The normalized spacial score (nSPS) is 11.0. The summed E-state index contributed by atoms with van der Waals surface area (Å²) in [6.45, 7) is 0.554. The molecular weight excluding hydrogens is 280 g/mol. The molecule has 0 saturated carbocycles. The van der Waals surface area contributed by atoms with Gasteiger partial charge >= 0.3 is 6.03 Å². The Morgan fingerprint density at radius 2 is 1.77 bits per heavy atom. The second-order valence-corrected chi connectivity index (χ2v) is 4.68. The van der Waals surface area contributed by atoms with Gasteiger partial charge in [0.15, 0.2) is 5.84 Å². The first-order valence-corrected chi connectivity index (χ1v) is 6.86. The summed E-state index contributed by atoms with van der Waals surface area (Å²) in [5.41, 5.74) is 7.85. The Morgan fingerprint density at radius 3 is 2.41 bits per heavy atom. The second-order valence-electron chi connectivity index (χ2n) is 4.68. The fraction of sp³-hybridized carbons (Fsp3) is 0.125. The van der Waals surface area contributed by atoms with Gasteiger partial charge in [-0.25, -0.2) is 4.79 Å². The van der Waals surface area contributed by atoms with Crippen molar-refractivity contribution < 1.29 is 10.0 Å². The minimum absolute atomic E-state index is 0.0267. The summed E-state index contributed by atoms with van der Waals surface area (Å²) in [5, 5.41) is 17.0. The molecule has 0 aliphatic heterocycles. The first-order chi connectivity index (χ1) is 10.7. The molecule has 0 spiro atoms. The van der Waals surface area contributed by atoms with Gasteiger partial charge in [-0.2, -0.15) is 0 Å². The molecule has 0 bridgehead atoms. The van der Waals surface area contributed by atoms with Crippen LogP contribution in [0.3, 0.4) is 0 Å². The smallest absolute Gasteiger partial charge is 0.319 e. The number of amides is 2. The van der Waals surface area contributed by atoms with Crippen LogP contribution in [0.25, 0.3) is 0 Å². The van der Waals surface area contributed by atoms with Gasteiger partial charge in [0.25, 0.3) is 0 Å². The predicted octanol–water partition coefficient (Wildman–Crippen LogP) is 2.15. The van der Waals surface area contributed by atoms with Crippen LogP contribution in [0.1, 0.15) is 11.1 Å². The molecule has 0 saturated heterocycles. The number of urea groups is 1. The van der Waals surface area contributed by atoms with E-state index >= 15 is 0 Å². The number of carbonyl (C=O) groups excluding carboxylic acids is 1. The Kier molecular flexibility index (Phi) is 5.37. The van der Waals surface area contributed by atoms with Crippen LogP contribution < -0.4 is 16.4 Å². The third-order valence-electron chi connectivity index (χ3n) is 3.09. The molecule has 0 radical (unpaired) electrons. The molecule has 0 heterocycles. The second kappa shape index (κ2) is 7.68. The van der Waals surface area contributed by atoms with Crippen molar-refractivity contribution >= 4 is 17.6 Å². The van der Waals surface area contributed by atoms with Crippen LogP contribution in [0, 0.1) is 0 Å². The zero-order valence-corrected chi connectivity index (χ0v) is 12.0. The van der Waals surface area contributed by atoms with Crippen molar-refractivity contribution in [3.05, 3.63) is 65.7 Å². The lowest BCUT2D eigenvalue weighted by Crippen LogP contribution is -2.30. The van der Waals surface area contributed by atoms with E-state index in [1.807, 2.05) is 30.3 Å². The van der Waals surface area contributed by atoms with Crippen LogP contribution in [0.2, 0.25) is 0 Å². The maximum absolute atomic E-state index is 11.8. The monoisotopic (exact) mass is 298 g/mol. The Morgan fingerprint density at radius 1 is 1.09 bits per heavy atom. The molecule has 114 valence electrons. The molecule has 5 N–H and O–H groups in total. The van der Waals surface area contributed by atoms with E-state index in [4.69, 9.17) is 10.9 Å². The largest absolute Gasteiger partial charge is 0.409 e. The fourth-order valence-corrected chi connectivity index (χ4v) is 1.92. The highest BCUT2D eigenvalue weighted by Gasteiger charge is 2.03. The molecule has 0 unspecified atom stereocenters. The summed E-state index contributed by atoms with van der Waals surface area (Å²) in [7, 11) is 0. The van der Waals surface area contributed by atoms with Gasteiger partial charge in [-0.3, -0.25) is 0 Å². The number of carbonyl (C=O) groups is 1. The Bertz CT molecular complexity index is 639. The van der Waals surface area contributed by atoms with Gasteiger partial charge in [-0.15, -0.1) is 0 Å². The minimum atomic E-state index is -0.271. The first-order valence-electron chi connectivity index (χ1n) is 6.86. The maximum Gasteiger partial charge on any atom is 0.319 e. The van der Waals surface area contributed by atoms with Crippen LogP contribution >= 0.6 is 0 Å². The molecule has 0 atom stereocenters. The van der Waals surface area contributed by atoms with E-state index in [2.05, 4.69) is 15.8 Å². The van der Waals surface area contributed by atoms with Crippen molar-refractivity contribution in [1.29, 1.82) is 0 Å². The van der Waals surface area contributed by atoms with E-state index in [9.17, 15) is 4.79 Å².